The lowest BCUT2D eigenvalue weighted by molar-refractivity contribution is -0.384. The van der Waals surface area contributed by atoms with Gasteiger partial charge in [-0.05, 0) is 42.8 Å². The zero-order chi connectivity index (χ0) is 21.0. The molecule has 0 aromatic heterocycles. The van der Waals surface area contributed by atoms with Crippen molar-refractivity contribution in [2.75, 3.05) is 10.0 Å². The maximum Gasteiger partial charge on any atom is 0.271 e. The van der Waals surface area contributed by atoms with Gasteiger partial charge in [0, 0.05) is 23.4 Å². The van der Waals surface area contributed by atoms with E-state index in [-0.39, 0.29) is 21.8 Å². The molecule has 0 radical (unpaired) electrons. The number of aryl methyl sites for hydroxylation is 1. The van der Waals surface area contributed by atoms with Crippen molar-refractivity contribution in [1.29, 1.82) is 0 Å². The molecular weight excluding hydrogens is 394 g/mol. The Hall–Kier alpha value is -3.72. The molecule has 3 rings (SSSR count). The first-order chi connectivity index (χ1) is 13.8. The fraction of sp³-hybridized carbons (Fsp3) is 0.0500. The largest absolute Gasteiger partial charge is 0.322 e. The number of nitro groups is 1. The number of amides is 1. The lowest BCUT2D eigenvalue weighted by atomic mass is 10.1. The highest BCUT2D eigenvalue weighted by molar-refractivity contribution is 7.92. The second-order valence-corrected chi connectivity index (χ2v) is 7.86. The number of benzene rings is 3. The average molecular weight is 411 g/mol. The summed E-state index contributed by atoms with van der Waals surface area (Å²) in [5.41, 5.74) is 0.992. The molecule has 9 heteroatoms. The highest BCUT2D eigenvalue weighted by Gasteiger charge is 2.20. The van der Waals surface area contributed by atoms with Crippen LogP contribution in [-0.2, 0) is 10.0 Å². The van der Waals surface area contributed by atoms with Gasteiger partial charge in [-0.15, -0.1) is 0 Å². The van der Waals surface area contributed by atoms with E-state index in [1.807, 2.05) is 6.07 Å². The minimum atomic E-state index is -4.07. The molecule has 0 heterocycles. The molecule has 3 aromatic carbocycles. The van der Waals surface area contributed by atoms with E-state index in [1.165, 1.54) is 36.4 Å². The number of para-hydroxylation sites is 1. The van der Waals surface area contributed by atoms with E-state index in [0.717, 1.165) is 6.07 Å². The fourth-order valence-corrected chi connectivity index (χ4v) is 3.97. The minimum absolute atomic E-state index is 0.0535. The number of carbonyl (C=O) groups is 1. The predicted molar refractivity (Wildman–Crippen MR) is 109 cm³/mol. The van der Waals surface area contributed by atoms with E-state index in [0.29, 0.717) is 11.3 Å². The minimum Gasteiger partial charge on any atom is -0.322 e. The van der Waals surface area contributed by atoms with Crippen LogP contribution in [0.3, 0.4) is 0 Å². The van der Waals surface area contributed by atoms with E-state index < -0.39 is 20.9 Å². The summed E-state index contributed by atoms with van der Waals surface area (Å²) < 4.78 is 28.0. The van der Waals surface area contributed by atoms with Crippen LogP contribution in [0.1, 0.15) is 15.9 Å². The first-order valence-electron chi connectivity index (χ1n) is 8.50. The van der Waals surface area contributed by atoms with Crippen molar-refractivity contribution in [1.82, 2.24) is 0 Å². The van der Waals surface area contributed by atoms with Crippen molar-refractivity contribution in [3.05, 3.63) is 94.0 Å². The highest BCUT2D eigenvalue weighted by Crippen LogP contribution is 2.24. The van der Waals surface area contributed by atoms with Gasteiger partial charge in [0.1, 0.15) is 0 Å². The number of carbonyl (C=O) groups excluding carboxylic acids is 1. The maximum atomic E-state index is 12.8. The Morgan fingerprint density at radius 3 is 2.31 bits per heavy atom. The number of anilines is 2. The Labute approximate surface area is 167 Å². The molecule has 1 amide bonds. The van der Waals surface area contributed by atoms with Crippen LogP contribution in [0.25, 0.3) is 0 Å². The molecule has 0 fully saturated rings. The summed E-state index contributed by atoms with van der Waals surface area (Å²) in [6, 6.07) is 18.3. The normalized spacial score (nSPS) is 10.9. The molecule has 0 bridgehead atoms. The standard InChI is InChI=1S/C20H17N3O5S/c1-14-10-11-15(20(24)21-16-6-3-2-4-7-16)12-19(14)29(27,28)22-17-8-5-9-18(13-17)23(25)26/h2-13,22H,1H3,(H,21,24). The monoisotopic (exact) mass is 411 g/mol. The Balaban J connectivity index is 1.89. The summed E-state index contributed by atoms with van der Waals surface area (Å²) in [5, 5.41) is 13.6. The molecule has 0 aliphatic carbocycles. The van der Waals surface area contributed by atoms with Gasteiger partial charge in [-0.2, -0.15) is 0 Å². The quantitative estimate of drug-likeness (QED) is 0.470. The van der Waals surface area contributed by atoms with Gasteiger partial charge in [-0.25, -0.2) is 8.42 Å². The Bertz CT molecular complexity index is 1180. The van der Waals surface area contributed by atoms with Crippen LogP contribution in [0.15, 0.2) is 77.7 Å². The van der Waals surface area contributed by atoms with E-state index in [4.69, 9.17) is 0 Å². The number of non-ortho nitro benzene ring substituents is 1. The number of sulfonamides is 1. The number of nitro benzene ring substituents is 1. The molecule has 0 spiro atoms. The first kappa shape index (κ1) is 20.0. The number of nitrogens with zero attached hydrogens (tertiary/aromatic N) is 1. The van der Waals surface area contributed by atoms with Crippen LogP contribution in [0.2, 0.25) is 0 Å². The third-order valence-corrected chi connectivity index (χ3v) is 5.60. The van der Waals surface area contributed by atoms with Crippen LogP contribution < -0.4 is 10.0 Å². The van der Waals surface area contributed by atoms with Crippen LogP contribution in [0, 0.1) is 17.0 Å². The molecule has 148 valence electrons. The average Bonchev–Trinajstić information content (AvgIpc) is 2.68. The number of hydrogen-bond donors (Lipinski definition) is 2. The second kappa shape index (κ2) is 8.11. The molecule has 0 atom stereocenters. The van der Waals surface area contributed by atoms with Crippen molar-refractivity contribution in [2.45, 2.75) is 11.8 Å². The number of hydrogen-bond acceptors (Lipinski definition) is 5. The zero-order valence-electron chi connectivity index (χ0n) is 15.3. The SMILES string of the molecule is Cc1ccc(C(=O)Nc2ccccc2)cc1S(=O)(=O)Nc1cccc([N+](=O)[O-])c1. The first-order valence-corrected chi connectivity index (χ1v) is 9.99. The van der Waals surface area contributed by atoms with E-state index in [1.54, 1.807) is 31.2 Å². The van der Waals surface area contributed by atoms with E-state index >= 15 is 0 Å². The van der Waals surface area contributed by atoms with Crippen molar-refractivity contribution in [2.24, 2.45) is 0 Å². The molecule has 0 saturated heterocycles. The Morgan fingerprint density at radius 2 is 1.62 bits per heavy atom. The molecule has 8 nitrogen and oxygen atoms in total. The third-order valence-electron chi connectivity index (χ3n) is 4.08. The molecule has 0 saturated carbocycles. The smallest absolute Gasteiger partial charge is 0.271 e. The summed E-state index contributed by atoms with van der Waals surface area (Å²) in [6.45, 7) is 1.60. The van der Waals surface area contributed by atoms with E-state index in [9.17, 15) is 23.3 Å². The lowest BCUT2D eigenvalue weighted by Crippen LogP contribution is -2.17. The van der Waals surface area contributed by atoms with Crippen LogP contribution in [0.5, 0.6) is 0 Å². The molecule has 29 heavy (non-hydrogen) atoms. The highest BCUT2D eigenvalue weighted by atomic mass is 32.2. The van der Waals surface area contributed by atoms with Crippen molar-refractivity contribution < 1.29 is 18.1 Å². The second-order valence-electron chi connectivity index (χ2n) is 6.21. The summed E-state index contributed by atoms with van der Waals surface area (Å²) in [7, 11) is -4.07. The van der Waals surface area contributed by atoms with Crippen LogP contribution >= 0.6 is 0 Å². The fourth-order valence-electron chi connectivity index (χ4n) is 2.65. The zero-order valence-corrected chi connectivity index (χ0v) is 16.1. The number of nitrogens with one attached hydrogen (secondary N) is 2. The van der Waals surface area contributed by atoms with Crippen molar-refractivity contribution in [3.8, 4) is 0 Å². The third kappa shape index (κ3) is 4.77. The van der Waals surface area contributed by atoms with Crippen LogP contribution in [0.4, 0.5) is 17.1 Å². The topological polar surface area (TPSA) is 118 Å². The Kier molecular flexibility index (Phi) is 5.60. The lowest BCUT2D eigenvalue weighted by Gasteiger charge is -2.12. The van der Waals surface area contributed by atoms with Gasteiger partial charge in [-0.3, -0.25) is 19.6 Å². The molecule has 3 aromatic rings. The van der Waals surface area contributed by atoms with E-state index in [2.05, 4.69) is 10.0 Å². The van der Waals surface area contributed by atoms with Gasteiger partial charge in [0.25, 0.3) is 21.6 Å². The van der Waals surface area contributed by atoms with Gasteiger partial charge >= 0.3 is 0 Å². The molecule has 2 N–H and O–H groups in total. The summed E-state index contributed by atoms with van der Waals surface area (Å²) in [6.07, 6.45) is 0. The van der Waals surface area contributed by atoms with Gasteiger partial charge < -0.3 is 5.32 Å². The Morgan fingerprint density at radius 1 is 0.931 bits per heavy atom. The molecular formula is C20H17N3O5S. The number of rotatable bonds is 6. The predicted octanol–water partition coefficient (Wildman–Crippen LogP) is 3.96. The summed E-state index contributed by atoms with van der Waals surface area (Å²) in [5.74, 6) is -0.456. The van der Waals surface area contributed by atoms with Gasteiger partial charge in [0.2, 0.25) is 0 Å². The van der Waals surface area contributed by atoms with Crippen molar-refractivity contribution >= 4 is 33.0 Å². The maximum absolute atomic E-state index is 12.8. The van der Waals surface area contributed by atoms with Gasteiger partial charge in [0.15, 0.2) is 0 Å². The van der Waals surface area contributed by atoms with Gasteiger partial charge in [0.05, 0.1) is 15.5 Å². The summed E-state index contributed by atoms with van der Waals surface area (Å²) in [4.78, 5) is 22.7. The van der Waals surface area contributed by atoms with Crippen molar-refractivity contribution in [3.63, 3.8) is 0 Å². The molecule has 0 unspecified atom stereocenters. The van der Waals surface area contributed by atoms with Crippen LogP contribution in [-0.4, -0.2) is 19.2 Å². The molecule has 0 aliphatic rings. The molecule has 0 aliphatic heterocycles. The van der Waals surface area contributed by atoms with Gasteiger partial charge in [-0.1, -0.05) is 30.3 Å². The summed E-state index contributed by atoms with van der Waals surface area (Å²) >= 11 is 0.